The molecule has 13 heavy (non-hydrogen) atoms. The second-order valence-corrected chi connectivity index (χ2v) is 4.19. The normalized spacial score (nSPS) is 9.46. The van der Waals surface area contributed by atoms with Crippen LogP contribution in [0.4, 0.5) is 5.69 Å². The molecule has 0 heterocycles. The molecule has 0 saturated heterocycles. The van der Waals surface area contributed by atoms with Crippen LogP contribution in [0.5, 0.6) is 0 Å². The molecule has 0 aliphatic carbocycles. The highest BCUT2D eigenvalue weighted by Gasteiger charge is 2.01. The van der Waals surface area contributed by atoms with Crippen LogP contribution in [0.25, 0.3) is 0 Å². The number of benzene rings is 1. The van der Waals surface area contributed by atoms with Gasteiger partial charge in [-0.3, -0.25) is 0 Å². The van der Waals surface area contributed by atoms with Gasteiger partial charge in [-0.1, -0.05) is 6.07 Å². The minimum Gasteiger partial charge on any atom is -0.366 e. The number of anilines is 1. The van der Waals surface area contributed by atoms with E-state index in [2.05, 4.69) is 46.2 Å². The van der Waals surface area contributed by atoms with Crippen LogP contribution in [0, 0.1) is 10.5 Å². The van der Waals surface area contributed by atoms with Gasteiger partial charge in [0.2, 0.25) is 0 Å². The Kier molecular flexibility index (Phi) is 3.92. The van der Waals surface area contributed by atoms with E-state index in [0.717, 1.165) is 5.69 Å². The number of rotatable bonds is 1. The monoisotopic (exact) mass is 306 g/mol. The van der Waals surface area contributed by atoms with Crippen LogP contribution in [-0.4, -0.2) is 12.2 Å². The summed E-state index contributed by atoms with van der Waals surface area (Å²) in [5.74, 6) is 0. The lowest BCUT2D eigenvalue weighted by molar-refractivity contribution is 1.19. The van der Waals surface area contributed by atoms with Crippen LogP contribution in [0.2, 0.25) is 0 Å². The van der Waals surface area contributed by atoms with E-state index in [-0.39, 0.29) is 0 Å². The highest BCUT2D eigenvalue weighted by Crippen LogP contribution is 2.19. The van der Waals surface area contributed by atoms with Crippen molar-refractivity contribution in [3.05, 3.63) is 27.3 Å². The Morgan fingerprint density at radius 1 is 1.46 bits per heavy atom. The molecule has 0 aliphatic heterocycles. The Morgan fingerprint density at radius 3 is 2.77 bits per heavy atom. The maximum atomic E-state index is 5.02. The molecule has 2 nitrogen and oxygen atoms in total. The van der Waals surface area contributed by atoms with Gasteiger partial charge in [-0.15, -0.1) is 0 Å². The van der Waals surface area contributed by atoms with Gasteiger partial charge < -0.3 is 10.6 Å². The van der Waals surface area contributed by atoms with E-state index in [1.165, 1.54) is 9.13 Å². The molecule has 0 saturated carbocycles. The molecule has 0 amide bonds. The van der Waals surface area contributed by atoms with Crippen molar-refractivity contribution >= 4 is 45.6 Å². The third-order valence-electron chi connectivity index (χ3n) is 1.74. The van der Waals surface area contributed by atoms with Crippen molar-refractivity contribution in [2.75, 3.05) is 12.4 Å². The van der Waals surface area contributed by atoms with Crippen LogP contribution in [0.3, 0.4) is 0 Å². The van der Waals surface area contributed by atoms with E-state index >= 15 is 0 Å². The summed E-state index contributed by atoms with van der Waals surface area (Å²) in [6, 6.07) is 6.10. The number of thiocarbonyl (C=S) groups is 1. The van der Waals surface area contributed by atoms with Crippen LogP contribution in [0.15, 0.2) is 18.2 Å². The highest BCUT2D eigenvalue weighted by atomic mass is 127. The molecule has 4 heteroatoms. The van der Waals surface area contributed by atoms with Gasteiger partial charge in [0.1, 0.15) is 0 Å². The van der Waals surface area contributed by atoms with E-state index < -0.39 is 0 Å². The zero-order chi connectivity index (χ0) is 9.84. The first-order valence-corrected chi connectivity index (χ1v) is 5.37. The zero-order valence-corrected chi connectivity index (χ0v) is 10.5. The predicted molar refractivity (Wildman–Crippen MR) is 69.2 cm³/mol. The van der Waals surface area contributed by atoms with E-state index in [9.17, 15) is 0 Å². The predicted octanol–water partition coefficient (Wildman–Crippen LogP) is 2.52. The number of nitrogens with one attached hydrogen (secondary N) is 2. The summed E-state index contributed by atoms with van der Waals surface area (Å²) in [5, 5.41) is 6.64. The average molecular weight is 306 g/mol. The fourth-order valence-electron chi connectivity index (χ4n) is 0.928. The first-order valence-electron chi connectivity index (χ1n) is 3.89. The lowest BCUT2D eigenvalue weighted by atomic mass is 10.2. The summed E-state index contributed by atoms with van der Waals surface area (Å²) < 4.78 is 1.24. The topological polar surface area (TPSA) is 24.1 Å². The second kappa shape index (κ2) is 4.76. The highest BCUT2D eigenvalue weighted by molar-refractivity contribution is 14.1. The minimum absolute atomic E-state index is 0.644. The smallest absolute Gasteiger partial charge is 0.170 e. The van der Waals surface area contributed by atoms with E-state index in [1.807, 2.05) is 12.1 Å². The lowest BCUT2D eigenvalue weighted by Gasteiger charge is -2.10. The van der Waals surface area contributed by atoms with Crippen molar-refractivity contribution < 1.29 is 0 Å². The first-order chi connectivity index (χ1) is 6.15. The molecular formula is C9H11IN2S. The zero-order valence-electron chi connectivity index (χ0n) is 7.52. The van der Waals surface area contributed by atoms with Crippen LogP contribution in [-0.2, 0) is 0 Å². The van der Waals surface area contributed by atoms with Crippen LogP contribution in [0.1, 0.15) is 5.56 Å². The van der Waals surface area contributed by atoms with Crippen molar-refractivity contribution in [3.63, 3.8) is 0 Å². The van der Waals surface area contributed by atoms with E-state index in [0.29, 0.717) is 5.11 Å². The van der Waals surface area contributed by atoms with Gasteiger partial charge >= 0.3 is 0 Å². The van der Waals surface area contributed by atoms with Gasteiger partial charge in [-0.25, -0.2) is 0 Å². The quantitative estimate of drug-likeness (QED) is 0.616. The summed E-state index contributed by atoms with van der Waals surface area (Å²) in [6.07, 6.45) is 0. The molecule has 0 atom stereocenters. The summed E-state index contributed by atoms with van der Waals surface area (Å²) in [5.41, 5.74) is 2.28. The molecule has 0 fully saturated rings. The molecular weight excluding hydrogens is 295 g/mol. The van der Waals surface area contributed by atoms with Crippen LogP contribution < -0.4 is 10.6 Å². The maximum Gasteiger partial charge on any atom is 0.170 e. The van der Waals surface area contributed by atoms with Crippen molar-refractivity contribution in [1.29, 1.82) is 0 Å². The van der Waals surface area contributed by atoms with Crippen molar-refractivity contribution in [3.8, 4) is 0 Å². The Bertz CT molecular complexity index is 325. The summed E-state index contributed by atoms with van der Waals surface area (Å²) in [7, 11) is 1.80. The average Bonchev–Trinajstić information content (AvgIpc) is 2.13. The van der Waals surface area contributed by atoms with Gasteiger partial charge in [0.15, 0.2) is 5.11 Å². The molecule has 0 unspecified atom stereocenters. The molecule has 1 rings (SSSR count). The summed E-state index contributed by atoms with van der Waals surface area (Å²) in [4.78, 5) is 0. The molecule has 1 aromatic carbocycles. The standard InChI is InChI=1S/C9H11IN2S/c1-6-7(10)4-3-5-8(6)12-9(13)11-2/h3-5H,1-2H3,(H2,11,12,13). The molecule has 70 valence electrons. The Balaban J connectivity index is 2.89. The number of hydrogen-bond donors (Lipinski definition) is 2. The van der Waals surface area contributed by atoms with Gasteiger partial charge in [0.25, 0.3) is 0 Å². The first kappa shape index (κ1) is 10.7. The summed E-state index contributed by atoms with van der Waals surface area (Å²) >= 11 is 7.32. The molecule has 0 bridgehead atoms. The summed E-state index contributed by atoms with van der Waals surface area (Å²) in [6.45, 7) is 2.07. The Morgan fingerprint density at radius 2 is 2.15 bits per heavy atom. The molecule has 0 aliphatic rings. The molecule has 0 spiro atoms. The molecule has 2 N–H and O–H groups in total. The Labute approximate surface area is 97.2 Å². The largest absolute Gasteiger partial charge is 0.366 e. The number of hydrogen-bond acceptors (Lipinski definition) is 1. The molecule has 1 aromatic rings. The van der Waals surface area contributed by atoms with Crippen molar-refractivity contribution in [2.45, 2.75) is 6.92 Å². The van der Waals surface area contributed by atoms with Gasteiger partial charge in [0, 0.05) is 16.3 Å². The third-order valence-corrected chi connectivity index (χ3v) is 3.22. The fourth-order valence-corrected chi connectivity index (χ4v) is 1.54. The minimum atomic E-state index is 0.644. The lowest BCUT2D eigenvalue weighted by Crippen LogP contribution is -2.24. The van der Waals surface area contributed by atoms with Gasteiger partial charge in [-0.2, -0.15) is 0 Å². The Hall–Kier alpha value is -0.360. The van der Waals surface area contributed by atoms with Gasteiger partial charge in [-0.05, 0) is 59.4 Å². The second-order valence-electron chi connectivity index (χ2n) is 2.62. The van der Waals surface area contributed by atoms with E-state index in [1.54, 1.807) is 7.05 Å². The van der Waals surface area contributed by atoms with Crippen molar-refractivity contribution in [2.24, 2.45) is 0 Å². The third kappa shape index (κ3) is 2.80. The van der Waals surface area contributed by atoms with Crippen LogP contribution >= 0.6 is 34.8 Å². The molecule has 0 radical (unpaired) electrons. The fraction of sp³-hybridized carbons (Fsp3) is 0.222. The van der Waals surface area contributed by atoms with Crippen molar-refractivity contribution in [1.82, 2.24) is 5.32 Å². The van der Waals surface area contributed by atoms with Gasteiger partial charge in [0.05, 0.1) is 0 Å². The number of halogens is 1. The maximum absolute atomic E-state index is 5.02. The SMILES string of the molecule is CNC(=S)Nc1cccc(I)c1C. The molecule has 0 aromatic heterocycles. The van der Waals surface area contributed by atoms with E-state index in [4.69, 9.17) is 12.2 Å².